The molecule has 2 amide bonds. The van der Waals surface area contributed by atoms with Crippen LogP contribution in [-0.4, -0.2) is 43.2 Å². The SMILES string of the molecule is CC/C=C\C/C=C\C/C=C\C/C=C\C/C=C\CCCC(=O)OCC(C)(C)CC(=O)NCCC(=O)NCCS. The molecule has 0 atom stereocenters. The van der Waals surface area contributed by atoms with Crippen molar-refractivity contribution in [3.05, 3.63) is 60.8 Å². The summed E-state index contributed by atoms with van der Waals surface area (Å²) >= 11 is 4.03. The zero-order chi connectivity index (χ0) is 28.3. The Morgan fingerprint density at radius 2 is 1.26 bits per heavy atom. The highest BCUT2D eigenvalue weighted by molar-refractivity contribution is 7.80. The number of rotatable bonds is 22. The average Bonchev–Trinajstić information content (AvgIpc) is 2.87. The second-order valence-electron chi connectivity index (χ2n) is 9.78. The van der Waals surface area contributed by atoms with E-state index in [0.717, 1.165) is 44.9 Å². The van der Waals surface area contributed by atoms with Gasteiger partial charge in [-0.3, -0.25) is 14.4 Å². The number of amides is 2. The number of unbranched alkanes of at least 4 members (excludes halogenated alkanes) is 1. The van der Waals surface area contributed by atoms with Gasteiger partial charge in [-0.25, -0.2) is 0 Å². The van der Waals surface area contributed by atoms with Crippen molar-refractivity contribution in [1.82, 2.24) is 10.6 Å². The van der Waals surface area contributed by atoms with Gasteiger partial charge in [-0.15, -0.1) is 0 Å². The maximum absolute atomic E-state index is 12.1. The predicted octanol–water partition coefficient (Wildman–Crippen LogP) is 6.42. The molecule has 0 aromatic rings. The molecule has 2 N–H and O–H groups in total. The van der Waals surface area contributed by atoms with Gasteiger partial charge in [-0.1, -0.05) is 81.5 Å². The molecule has 0 saturated carbocycles. The summed E-state index contributed by atoms with van der Waals surface area (Å²) in [7, 11) is 0. The summed E-state index contributed by atoms with van der Waals surface area (Å²) in [5.74, 6) is 0.0595. The van der Waals surface area contributed by atoms with Gasteiger partial charge in [-0.05, 0) is 44.9 Å². The lowest BCUT2D eigenvalue weighted by molar-refractivity contribution is -0.148. The van der Waals surface area contributed by atoms with Crippen LogP contribution in [0.15, 0.2) is 60.8 Å². The summed E-state index contributed by atoms with van der Waals surface area (Å²) < 4.78 is 5.38. The quantitative estimate of drug-likeness (QED) is 0.0633. The van der Waals surface area contributed by atoms with Crippen LogP contribution in [0.25, 0.3) is 0 Å². The van der Waals surface area contributed by atoms with Crippen molar-refractivity contribution in [2.75, 3.05) is 25.4 Å². The molecule has 0 spiro atoms. The van der Waals surface area contributed by atoms with Gasteiger partial charge in [-0.2, -0.15) is 12.6 Å². The molecule has 0 aromatic carbocycles. The van der Waals surface area contributed by atoms with Crippen molar-refractivity contribution in [2.24, 2.45) is 5.41 Å². The van der Waals surface area contributed by atoms with Crippen LogP contribution in [-0.2, 0) is 19.1 Å². The van der Waals surface area contributed by atoms with Crippen LogP contribution >= 0.6 is 12.6 Å². The van der Waals surface area contributed by atoms with Crippen LogP contribution in [0.4, 0.5) is 0 Å². The molecule has 0 aliphatic heterocycles. The van der Waals surface area contributed by atoms with Gasteiger partial charge >= 0.3 is 5.97 Å². The van der Waals surface area contributed by atoms with Crippen LogP contribution in [0.1, 0.15) is 85.0 Å². The molecule has 6 nitrogen and oxygen atoms in total. The first-order valence-electron chi connectivity index (χ1n) is 13.9. The average molecular weight is 547 g/mol. The van der Waals surface area contributed by atoms with Crippen LogP contribution in [0, 0.1) is 5.41 Å². The van der Waals surface area contributed by atoms with Crippen LogP contribution in [0.5, 0.6) is 0 Å². The van der Waals surface area contributed by atoms with Crippen LogP contribution in [0.2, 0.25) is 0 Å². The summed E-state index contributed by atoms with van der Waals surface area (Å²) in [6, 6.07) is 0. The number of hydrogen-bond acceptors (Lipinski definition) is 5. The Kier molecular flexibility index (Phi) is 23.1. The topological polar surface area (TPSA) is 84.5 Å². The van der Waals surface area contributed by atoms with Gasteiger partial charge in [0.15, 0.2) is 0 Å². The Labute approximate surface area is 236 Å². The Morgan fingerprint density at radius 1 is 0.737 bits per heavy atom. The minimum atomic E-state index is -0.474. The van der Waals surface area contributed by atoms with Crippen molar-refractivity contribution in [2.45, 2.75) is 85.0 Å². The third kappa shape index (κ3) is 25.1. The van der Waals surface area contributed by atoms with Crippen molar-refractivity contribution in [3.8, 4) is 0 Å². The molecule has 0 aliphatic carbocycles. The second kappa shape index (κ2) is 24.8. The lowest BCUT2D eigenvalue weighted by Gasteiger charge is -2.23. The Hall–Kier alpha value is -2.54. The van der Waals surface area contributed by atoms with E-state index in [1.807, 2.05) is 13.8 Å². The molecule has 0 radical (unpaired) electrons. The number of ether oxygens (including phenoxy) is 1. The number of carbonyl (C=O) groups is 3. The lowest BCUT2D eigenvalue weighted by atomic mass is 9.90. The Bertz CT molecular complexity index is 798. The zero-order valence-corrected chi connectivity index (χ0v) is 24.6. The van der Waals surface area contributed by atoms with Gasteiger partial charge in [0, 0.05) is 43.5 Å². The van der Waals surface area contributed by atoms with Crippen LogP contribution < -0.4 is 10.6 Å². The third-order valence-corrected chi connectivity index (χ3v) is 5.50. The Morgan fingerprint density at radius 3 is 1.82 bits per heavy atom. The molecule has 0 aromatic heterocycles. The molecule has 7 heteroatoms. The van der Waals surface area contributed by atoms with Gasteiger partial charge in [0.25, 0.3) is 0 Å². The van der Waals surface area contributed by atoms with E-state index >= 15 is 0 Å². The number of hydrogen-bond donors (Lipinski definition) is 3. The normalized spacial score (nSPS) is 12.4. The van der Waals surface area contributed by atoms with E-state index in [0.29, 0.717) is 18.7 Å². The standard InChI is InChI=1S/C31H50N2O4S/c1-4-5-6-7-8-9-10-11-12-13-14-15-16-17-18-19-20-21-30(36)37-27-31(2,3)26-29(35)32-23-22-28(34)33-24-25-38/h5-6,8-9,11-12,14-15,17-18,38H,4,7,10,13,16,19-27H2,1-3H3,(H,32,35)(H,33,34)/b6-5-,9-8-,12-11-,15-14-,18-17-. The summed E-state index contributed by atoms with van der Waals surface area (Å²) in [6.45, 7) is 6.89. The largest absolute Gasteiger partial charge is 0.465 e. The maximum Gasteiger partial charge on any atom is 0.305 e. The highest BCUT2D eigenvalue weighted by Gasteiger charge is 2.24. The van der Waals surface area contributed by atoms with Gasteiger partial charge < -0.3 is 15.4 Å². The molecule has 0 saturated heterocycles. The monoisotopic (exact) mass is 546 g/mol. The smallest absolute Gasteiger partial charge is 0.305 e. The lowest BCUT2D eigenvalue weighted by Crippen LogP contribution is -2.35. The summed E-state index contributed by atoms with van der Waals surface area (Å²) in [4.78, 5) is 35.7. The molecular formula is C31H50N2O4S. The zero-order valence-electron chi connectivity index (χ0n) is 23.8. The highest BCUT2D eigenvalue weighted by atomic mass is 32.1. The minimum absolute atomic E-state index is 0.114. The first-order chi connectivity index (χ1) is 18.3. The molecular weight excluding hydrogens is 496 g/mol. The molecule has 0 unspecified atom stereocenters. The highest BCUT2D eigenvalue weighted by Crippen LogP contribution is 2.21. The molecule has 0 rings (SSSR count). The van der Waals surface area contributed by atoms with Gasteiger partial charge in [0.1, 0.15) is 0 Å². The van der Waals surface area contributed by atoms with Gasteiger partial charge in [0.2, 0.25) is 11.8 Å². The van der Waals surface area contributed by atoms with E-state index in [4.69, 9.17) is 4.74 Å². The van der Waals surface area contributed by atoms with E-state index in [1.165, 1.54) is 0 Å². The molecule has 0 bridgehead atoms. The number of allylic oxidation sites excluding steroid dienone is 10. The van der Waals surface area contributed by atoms with Crippen molar-refractivity contribution < 1.29 is 19.1 Å². The van der Waals surface area contributed by atoms with Crippen molar-refractivity contribution >= 4 is 30.4 Å². The van der Waals surface area contributed by atoms with Gasteiger partial charge in [0.05, 0.1) is 6.61 Å². The fourth-order valence-electron chi connectivity index (χ4n) is 3.23. The van der Waals surface area contributed by atoms with Crippen LogP contribution in [0.3, 0.4) is 0 Å². The number of nitrogens with one attached hydrogen (secondary N) is 2. The molecule has 0 fully saturated rings. The third-order valence-electron chi connectivity index (χ3n) is 5.28. The number of carbonyl (C=O) groups excluding carboxylic acids is 3. The summed E-state index contributed by atoms with van der Waals surface area (Å²) in [5.41, 5.74) is -0.474. The molecule has 0 heterocycles. The van der Waals surface area contributed by atoms with E-state index < -0.39 is 5.41 Å². The molecule has 0 aliphatic rings. The fraction of sp³-hybridized carbons (Fsp3) is 0.581. The first kappa shape index (κ1) is 35.5. The van der Waals surface area contributed by atoms with E-state index in [-0.39, 0.29) is 43.8 Å². The van der Waals surface area contributed by atoms with Crippen molar-refractivity contribution in [1.29, 1.82) is 0 Å². The fourth-order valence-corrected chi connectivity index (χ4v) is 3.34. The number of thiol groups is 1. The van der Waals surface area contributed by atoms with Crippen molar-refractivity contribution in [3.63, 3.8) is 0 Å². The second-order valence-corrected chi connectivity index (χ2v) is 10.2. The van der Waals surface area contributed by atoms with E-state index in [2.05, 4.69) is 90.9 Å². The maximum atomic E-state index is 12.1. The molecule has 214 valence electrons. The Balaban J connectivity index is 3.84. The van der Waals surface area contributed by atoms with E-state index in [9.17, 15) is 14.4 Å². The number of esters is 1. The molecule has 38 heavy (non-hydrogen) atoms. The first-order valence-corrected chi connectivity index (χ1v) is 14.5. The minimum Gasteiger partial charge on any atom is -0.465 e. The predicted molar refractivity (Wildman–Crippen MR) is 162 cm³/mol. The summed E-state index contributed by atoms with van der Waals surface area (Å²) in [6.07, 6.45) is 28.9. The van der Waals surface area contributed by atoms with E-state index in [1.54, 1.807) is 0 Å². The summed E-state index contributed by atoms with van der Waals surface area (Å²) in [5, 5.41) is 5.44.